The molecule has 0 bridgehead atoms. The number of nitrogens with one attached hydrogen (secondary N) is 2. The van der Waals surface area contributed by atoms with E-state index in [1.165, 1.54) is 0 Å². The van der Waals surface area contributed by atoms with Crippen molar-refractivity contribution >= 4 is 40.1 Å². The van der Waals surface area contributed by atoms with E-state index in [4.69, 9.17) is 11.6 Å². The molecule has 0 unspecified atom stereocenters. The Bertz CT molecular complexity index is 902. The molecule has 0 saturated carbocycles. The molecule has 5 nitrogen and oxygen atoms in total. The number of carbonyl (C=O) groups is 2. The van der Waals surface area contributed by atoms with Gasteiger partial charge in [0.05, 0.1) is 5.56 Å². The maximum Gasteiger partial charge on any atom is 0.326 e. The second kappa shape index (κ2) is 6.14. The van der Waals surface area contributed by atoms with E-state index in [9.17, 15) is 9.59 Å². The summed E-state index contributed by atoms with van der Waals surface area (Å²) in [6.45, 7) is 0. The number of fused-ring (bicyclic) bond motifs is 1. The highest BCUT2D eigenvalue weighted by molar-refractivity contribution is 6.31. The number of imide groups is 1. The molecule has 0 spiro atoms. The molecule has 0 fully saturated rings. The van der Waals surface area contributed by atoms with Gasteiger partial charge in [-0.2, -0.15) is 0 Å². The van der Waals surface area contributed by atoms with Crippen molar-refractivity contribution in [1.29, 1.82) is 0 Å². The Hall–Kier alpha value is -2.79. The zero-order valence-electron chi connectivity index (χ0n) is 12.3. The van der Waals surface area contributed by atoms with Crippen LogP contribution in [0.3, 0.4) is 0 Å². The number of urea groups is 1. The number of carbonyl (C=O) groups excluding carboxylic acids is 2. The molecule has 23 heavy (non-hydrogen) atoms. The number of halogens is 1. The maximum atomic E-state index is 12.3. The smallest absolute Gasteiger partial charge is 0.326 e. The molecular weight excluding hydrogens is 314 g/mol. The number of aromatic nitrogens is 1. The van der Waals surface area contributed by atoms with Gasteiger partial charge in [0.25, 0.3) is 5.91 Å². The number of amides is 3. The van der Waals surface area contributed by atoms with E-state index in [1.54, 1.807) is 42.6 Å². The van der Waals surface area contributed by atoms with Crippen LogP contribution >= 0.6 is 11.6 Å². The van der Waals surface area contributed by atoms with E-state index in [0.717, 1.165) is 10.9 Å². The molecule has 0 saturated heterocycles. The van der Waals surface area contributed by atoms with Crippen LogP contribution in [0.25, 0.3) is 10.9 Å². The van der Waals surface area contributed by atoms with Crippen LogP contribution in [-0.4, -0.2) is 16.5 Å². The molecule has 1 heterocycles. The summed E-state index contributed by atoms with van der Waals surface area (Å²) in [5, 5.41) is 6.12. The molecule has 115 valence electrons. The van der Waals surface area contributed by atoms with Crippen molar-refractivity contribution in [3.8, 4) is 0 Å². The first-order chi connectivity index (χ1) is 11.0. The maximum absolute atomic E-state index is 12.3. The van der Waals surface area contributed by atoms with Gasteiger partial charge in [-0.05, 0) is 36.4 Å². The van der Waals surface area contributed by atoms with Crippen LogP contribution in [0, 0.1) is 6.07 Å². The predicted octanol–water partition coefficient (Wildman–Crippen LogP) is 3.59. The van der Waals surface area contributed by atoms with Crippen LogP contribution in [0.5, 0.6) is 0 Å². The molecule has 2 N–H and O–H groups in total. The topological polar surface area (TPSA) is 63.1 Å². The number of aryl methyl sites for hydroxylation is 1. The summed E-state index contributed by atoms with van der Waals surface area (Å²) in [7, 11) is 1.84. The van der Waals surface area contributed by atoms with E-state index >= 15 is 0 Å². The molecule has 2 aromatic carbocycles. The average molecular weight is 327 g/mol. The van der Waals surface area contributed by atoms with Gasteiger partial charge in [0.2, 0.25) is 0 Å². The van der Waals surface area contributed by atoms with E-state index < -0.39 is 11.9 Å². The summed E-state index contributed by atoms with van der Waals surface area (Å²) in [5.74, 6) is -0.477. The van der Waals surface area contributed by atoms with Crippen molar-refractivity contribution in [2.24, 2.45) is 7.05 Å². The zero-order valence-corrected chi connectivity index (χ0v) is 13.0. The Kier molecular flexibility index (Phi) is 4.04. The van der Waals surface area contributed by atoms with Gasteiger partial charge in [-0.25, -0.2) is 4.79 Å². The quantitative estimate of drug-likeness (QED) is 0.756. The summed E-state index contributed by atoms with van der Waals surface area (Å²) in [6, 6.07) is 14.4. The van der Waals surface area contributed by atoms with E-state index in [-0.39, 0.29) is 0 Å². The Morgan fingerprint density at radius 1 is 1.26 bits per heavy atom. The second-order valence-electron chi connectivity index (χ2n) is 5.02. The van der Waals surface area contributed by atoms with Crippen LogP contribution in [0.2, 0.25) is 5.02 Å². The van der Waals surface area contributed by atoms with E-state index in [2.05, 4.69) is 16.7 Å². The van der Waals surface area contributed by atoms with Gasteiger partial charge in [0, 0.05) is 34.9 Å². The molecule has 0 aliphatic heterocycles. The van der Waals surface area contributed by atoms with Gasteiger partial charge in [-0.15, -0.1) is 0 Å². The van der Waals surface area contributed by atoms with Crippen molar-refractivity contribution in [2.75, 3.05) is 5.32 Å². The Morgan fingerprint density at radius 2 is 2.09 bits per heavy atom. The molecule has 3 amide bonds. The molecular formula is C17H13ClN3O2. The van der Waals surface area contributed by atoms with Crippen LogP contribution in [-0.2, 0) is 7.05 Å². The van der Waals surface area contributed by atoms with Gasteiger partial charge < -0.3 is 9.88 Å². The number of hydrogen-bond acceptors (Lipinski definition) is 2. The fourth-order valence-electron chi connectivity index (χ4n) is 2.36. The summed E-state index contributed by atoms with van der Waals surface area (Å²) in [5.41, 5.74) is 1.82. The lowest BCUT2D eigenvalue weighted by atomic mass is 10.1. The minimum absolute atomic E-state index is 0.417. The average Bonchev–Trinajstić information content (AvgIpc) is 2.85. The first-order valence-corrected chi connectivity index (χ1v) is 7.25. The van der Waals surface area contributed by atoms with E-state index in [1.807, 2.05) is 17.7 Å². The second-order valence-corrected chi connectivity index (χ2v) is 5.45. The summed E-state index contributed by atoms with van der Waals surface area (Å²) < 4.78 is 1.83. The third-order valence-electron chi connectivity index (χ3n) is 3.39. The third-order valence-corrected chi connectivity index (χ3v) is 3.62. The number of anilines is 1. The Labute approximate surface area is 137 Å². The summed E-state index contributed by atoms with van der Waals surface area (Å²) >= 11 is 5.85. The number of rotatable bonds is 2. The lowest BCUT2D eigenvalue weighted by Crippen LogP contribution is -2.34. The first-order valence-electron chi connectivity index (χ1n) is 6.87. The highest BCUT2D eigenvalue weighted by Gasteiger charge is 2.16. The molecule has 0 aliphatic rings. The molecule has 1 radical (unpaired) electrons. The van der Waals surface area contributed by atoms with Crippen LogP contribution in [0.15, 0.2) is 48.7 Å². The van der Waals surface area contributed by atoms with Gasteiger partial charge in [0.1, 0.15) is 0 Å². The lowest BCUT2D eigenvalue weighted by Gasteiger charge is -2.06. The molecule has 1 aromatic heterocycles. The molecule has 0 atom stereocenters. The SMILES string of the molecule is Cn1cc(C(=O)NC(=O)Nc2cccc(Cl)c2)c2c[c]ccc21. The number of hydrogen-bond donors (Lipinski definition) is 2. The van der Waals surface area contributed by atoms with E-state index in [0.29, 0.717) is 16.3 Å². The zero-order chi connectivity index (χ0) is 16.4. The van der Waals surface area contributed by atoms with Crippen molar-refractivity contribution in [3.63, 3.8) is 0 Å². The van der Waals surface area contributed by atoms with Crippen molar-refractivity contribution < 1.29 is 9.59 Å². The Balaban J connectivity index is 1.77. The minimum atomic E-state index is -0.616. The van der Waals surface area contributed by atoms with Gasteiger partial charge in [0.15, 0.2) is 0 Å². The molecule has 3 aromatic rings. The van der Waals surface area contributed by atoms with Crippen molar-refractivity contribution in [2.45, 2.75) is 0 Å². The largest absolute Gasteiger partial charge is 0.350 e. The van der Waals surface area contributed by atoms with Crippen molar-refractivity contribution in [1.82, 2.24) is 9.88 Å². The van der Waals surface area contributed by atoms with Crippen LogP contribution in [0.1, 0.15) is 10.4 Å². The monoisotopic (exact) mass is 326 g/mol. The number of benzene rings is 2. The fourth-order valence-corrected chi connectivity index (χ4v) is 2.55. The van der Waals surface area contributed by atoms with Crippen LogP contribution in [0.4, 0.5) is 10.5 Å². The van der Waals surface area contributed by atoms with Gasteiger partial charge in [-0.1, -0.05) is 23.7 Å². The van der Waals surface area contributed by atoms with Crippen molar-refractivity contribution in [3.05, 3.63) is 65.3 Å². The predicted molar refractivity (Wildman–Crippen MR) is 89.7 cm³/mol. The van der Waals surface area contributed by atoms with Crippen LogP contribution < -0.4 is 10.6 Å². The van der Waals surface area contributed by atoms with Gasteiger partial charge >= 0.3 is 6.03 Å². The highest BCUT2D eigenvalue weighted by Crippen LogP contribution is 2.20. The standard InChI is InChI=1S/C17H13ClN3O2/c1-21-10-14(13-7-2-3-8-15(13)21)16(22)20-17(23)19-12-6-4-5-11(18)9-12/h3-10H,1H3,(H2,19,20,22,23). The van der Waals surface area contributed by atoms with Gasteiger partial charge in [-0.3, -0.25) is 10.1 Å². The number of nitrogens with zero attached hydrogens (tertiary/aromatic N) is 1. The minimum Gasteiger partial charge on any atom is -0.350 e. The molecule has 0 aliphatic carbocycles. The first kappa shape index (κ1) is 15.1. The summed E-state index contributed by atoms with van der Waals surface area (Å²) in [4.78, 5) is 24.3. The normalized spacial score (nSPS) is 10.5. The lowest BCUT2D eigenvalue weighted by molar-refractivity contribution is 0.0968. The summed E-state index contributed by atoms with van der Waals surface area (Å²) in [6.07, 6.45) is 1.68. The third kappa shape index (κ3) is 3.19. The molecule has 6 heteroatoms. The highest BCUT2D eigenvalue weighted by atomic mass is 35.5. The Morgan fingerprint density at radius 3 is 2.87 bits per heavy atom. The fraction of sp³-hybridized carbons (Fsp3) is 0.0588. The molecule has 3 rings (SSSR count).